The van der Waals surface area contributed by atoms with Gasteiger partial charge in [-0.05, 0) is 30.7 Å². The van der Waals surface area contributed by atoms with Crippen LogP contribution >= 0.6 is 11.3 Å². The van der Waals surface area contributed by atoms with Crippen molar-refractivity contribution in [1.29, 1.82) is 0 Å². The minimum Gasteiger partial charge on any atom is -0.337 e. The molecule has 3 rings (SSSR count). The van der Waals surface area contributed by atoms with Crippen molar-refractivity contribution < 1.29 is 4.79 Å². The molecule has 2 aromatic rings. The third-order valence-corrected chi connectivity index (χ3v) is 5.05. The van der Waals surface area contributed by atoms with Crippen LogP contribution in [0.1, 0.15) is 15.3 Å². The van der Waals surface area contributed by atoms with Gasteiger partial charge in [0.2, 0.25) is 5.91 Å². The fraction of sp³-hybridized carbons (Fsp3) is 0.316. The molecule has 2 heterocycles. The predicted molar refractivity (Wildman–Crippen MR) is 96.4 cm³/mol. The molecule has 1 aromatic carbocycles. The summed E-state index contributed by atoms with van der Waals surface area (Å²) < 4.78 is 0. The Bertz CT molecular complexity index is 670. The summed E-state index contributed by atoms with van der Waals surface area (Å²) >= 11 is 1.71. The van der Waals surface area contributed by atoms with E-state index in [9.17, 15) is 4.79 Å². The Balaban J connectivity index is 1.48. The molecule has 1 saturated heterocycles. The molecule has 0 N–H and O–H groups in total. The first-order chi connectivity index (χ1) is 11.2. The molecular weight excluding hydrogens is 304 g/mol. The second-order valence-corrected chi connectivity index (χ2v) is 7.19. The van der Waals surface area contributed by atoms with Gasteiger partial charge < -0.3 is 4.90 Å². The first kappa shape index (κ1) is 16.0. The molecule has 0 radical (unpaired) electrons. The zero-order valence-corrected chi connectivity index (χ0v) is 14.3. The van der Waals surface area contributed by atoms with Crippen molar-refractivity contribution in [2.24, 2.45) is 0 Å². The van der Waals surface area contributed by atoms with E-state index in [0.717, 1.165) is 37.6 Å². The van der Waals surface area contributed by atoms with Crippen molar-refractivity contribution in [2.45, 2.75) is 13.5 Å². The van der Waals surface area contributed by atoms with Gasteiger partial charge >= 0.3 is 0 Å². The number of nitrogens with zero attached hydrogens (tertiary/aromatic N) is 2. The van der Waals surface area contributed by atoms with Gasteiger partial charge in [-0.2, -0.15) is 0 Å². The minimum absolute atomic E-state index is 0.121. The number of carbonyl (C=O) groups is 1. The highest BCUT2D eigenvalue weighted by Gasteiger charge is 2.19. The summed E-state index contributed by atoms with van der Waals surface area (Å²) in [6.07, 6.45) is 3.63. The van der Waals surface area contributed by atoms with Gasteiger partial charge in [0.05, 0.1) is 0 Å². The van der Waals surface area contributed by atoms with Crippen LogP contribution < -0.4 is 0 Å². The molecule has 1 fully saturated rings. The topological polar surface area (TPSA) is 23.6 Å². The lowest BCUT2D eigenvalue weighted by molar-refractivity contribution is -0.127. The summed E-state index contributed by atoms with van der Waals surface area (Å²) in [5, 5.41) is 0. The van der Waals surface area contributed by atoms with Crippen LogP contribution in [0.2, 0.25) is 0 Å². The van der Waals surface area contributed by atoms with Crippen LogP contribution in [0.5, 0.6) is 0 Å². The van der Waals surface area contributed by atoms with Crippen molar-refractivity contribution in [3.63, 3.8) is 0 Å². The van der Waals surface area contributed by atoms with Crippen molar-refractivity contribution in [2.75, 3.05) is 26.2 Å². The molecule has 0 bridgehead atoms. The van der Waals surface area contributed by atoms with Crippen molar-refractivity contribution in [3.8, 4) is 0 Å². The van der Waals surface area contributed by atoms with Crippen LogP contribution in [0.15, 0.2) is 48.5 Å². The Morgan fingerprint density at radius 1 is 1.09 bits per heavy atom. The summed E-state index contributed by atoms with van der Waals surface area (Å²) in [6, 6.07) is 14.6. The number of amides is 1. The Morgan fingerprint density at radius 3 is 2.48 bits per heavy atom. The van der Waals surface area contributed by atoms with Gasteiger partial charge in [-0.3, -0.25) is 9.69 Å². The van der Waals surface area contributed by atoms with Gasteiger partial charge in [-0.1, -0.05) is 30.3 Å². The quantitative estimate of drug-likeness (QED) is 0.804. The largest absolute Gasteiger partial charge is 0.337 e. The Kier molecular flexibility index (Phi) is 5.26. The lowest BCUT2D eigenvalue weighted by Gasteiger charge is -2.34. The molecule has 23 heavy (non-hydrogen) atoms. The van der Waals surface area contributed by atoms with E-state index in [4.69, 9.17) is 0 Å². The lowest BCUT2D eigenvalue weighted by atomic mass is 10.2. The Morgan fingerprint density at radius 2 is 1.83 bits per heavy atom. The molecule has 1 amide bonds. The molecule has 1 aliphatic rings. The van der Waals surface area contributed by atoms with Gasteiger partial charge in [0.25, 0.3) is 0 Å². The molecule has 4 heteroatoms. The average Bonchev–Trinajstić information content (AvgIpc) is 3.00. The average molecular weight is 326 g/mol. The van der Waals surface area contributed by atoms with Crippen LogP contribution in [-0.2, 0) is 11.3 Å². The molecule has 0 aliphatic carbocycles. The number of hydrogen-bond acceptors (Lipinski definition) is 3. The van der Waals surface area contributed by atoms with Crippen LogP contribution in [-0.4, -0.2) is 41.9 Å². The number of rotatable bonds is 4. The highest BCUT2D eigenvalue weighted by atomic mass is 32.1. The smallest absolute Gasteiger partial charge is 0.246 e. The van der Waals surface area contributed by atoms with E-state index in [-0.39, 0.29) is 5.91 Å². The molecule has 0 spiro atoms. The number of carbonyl (C=O) groups excluding carboxylic acids is 1. The van der Waals surface area contributed by atoms with Crippen LogP contribution in [0, 0.1) is 6.92 Å². The van der Waals surface area contributed by atoms with E-state index in [1.54, 1.807) is 17.4 Å². The second kappa shape index (κ2) is 7.57. The fourth-order valence-electron chi connectivity index (χ4n) is 2.77. The van der Waals surface area contributed by atoms with Gasteiger partial charge in [-0.15, -0.1) is 11.3 Å². The van der Waals surface area contributed by atoms with E-state index in [0.29, 0.717) is 0 Å². The van der Waals surface area contributed by atoms with Crippen LogP contribution in [0.25, 0.3) is 6.08 Å². The molecule has 0 saturated carbocycles. The summed E-state index contributed by atoms with van der Waals surface area (Å²) in [5.74, 6) is 0.121. The summed E-state index contributed by atoms with van der Waals surface area (Å²) in [6.45, 7) is 6.53. The van der Waals surface area contributed by atoms with Crippen LogP contribution in [0.4, 0.5) is 0 Å². The normalized spacial score (nSPS) is 16.1. The van der Waals surface area contributed by atoms with E-state index >= 15 is 0 Å². The van der Waals surface area contributed by atoms with Crippen molar-refractivity contribution >= 4 is 23.3 Å². The zero-order chi connectivity index (χ0) is 16.1. The first-order valence-corrected chi connectivity index (χ1v) is 8.82. The maximum absolute atomic E-state index is 12.3. The number of piperazine rings is 1. The number of thiophene rings is 1. The van der Waals surface area contributed by atoms with E-state index in [1.807, 2.05) is 17.0 Å². The molecule has 1 aromatic heterocycles. The second-order valence-electron chi connectivity index (χ2n) is 5.87. The minimum atomic E-state index is 0.121. The van der Waals surface area contributed by atoms with Crippen LogP contribution in [0.3, 0.4) is 0 Å². The van der Waals surface area contributed by atoms with E-state index in [2.05, 4.69) is 48.2 Å². The summed E-state index contributed by atoms with van der Waals surface area (Å²) in [5.41, 5.74) is 1.33. The van der Waals surface area contributed by atoms with Gasteiger partial charge in [0.1, 0.15) is 0 Å². The molecule has 1 aliphatic heterocycles. The summed E-state index contributed by atoms with van der Waals surface area (Å²) in [4.78, 5) is 19.0. The zero-order valence-electron chi connectivity index (χ0n) is 13.4. The predicted octanol–water partition coefficient (Wildman–Crippen LogP) is 3.41. The third-order valence-electron chi connectivity index (χ3n) is 4.08. The monoisotopic (exact) mass is 326 g/mol. The standard InChI is InChI=1S/C19H22N2OS/c1-16-7-8-18(23-16)9-10-19(22)21-13-11-20(12-14-21)15-17-5-3-2-4-6-17/h2-10H,11-15H2,1H3/b10-9+. The summed E-state index contributed by atoms with van der Waals surface area (Å²) in [7, 11) is 0. The van der Waals surface area contributed by atoms with Gasteiger partial charge in [-0.25, -0.2) is 0 Å². The maximum Gasteiger partial charge on any atom is 0.246 e. The number of benzene rings is 1. The molecule has 0 atom stereocenters. The first-order valence-electron chi connectivity index (χ1n) is 8.00. The maximum atomic E-state index is 12.3. The number of hydrogen-bond donors (Lipinski definition) is 0. The molecule has 3 nitrogen and oxygen atoms in total. The lowest BCUT2D eigenvalue weighted by Crippen LogP contribution is -2.47. The van der Waals surface area contributed by atoms with Gasteiger partial charge in [0.15, 0.2) is 0 Å². The Labute approximate surface area is 141 Å². The molecule has 0 unspecified atom stereocenters. The molecule has 120 valence electrons. The highest BCUT2D eigenvalue weighted by Crippen LogP contribution is 2.16. The molecular formula is C19H22N2OS. The Hall–Kier alpha value is -1.91. The van der Waals surface area contributed by atoms with E-state index < -0.39 is 0 Å². The van der Waals surface area contributed by atoms with E-state index in [1.165, 1.54) is 10.4 Å². The van der Waals surface area contributed by atoms with Crippen molar-refractivity contribution in [1.82, 2.24) is 9.80 Å². The SMILES string of the molecule is Cc1ccc(/C=C/C(=O)N2CCN(Cc3ccccc3)CC2)s1. The number of aryl methyl sites for hydroxylation is 1. The highest BCUT2D eigenvalue weighted by molar-refractivity contribution is 7.12. The van der Waals surface area contributed by atoms with Gasteiger partial charge in [0, 0.05) is 48.6 Å². The third kappa shape index (κ3) is 4.53. The van der Waals surface area contributed by atoms with Crippen molar-refractivity contribution in [3.05, 3.63) is 63.9 Å². The fourth-order valence-corrected chi connectivity index (χ4v) is 3.55.